The van der Waals surface area contributed by atoms with E-state index in [4.69, 9.17) is 32.8 Å². The maximum absolute atomic E-state index is 8.52. The Labute approximate surface area is 275 Å². The van der Waals surface area contributed by atoms with Crippen LogP contribution in [0.1, 0.15) is 0 Å². The number of rotatable bonds is 0. The van der Waals surface area contributed by atoms with E-state index < -0.39 is 15.5 Å². The largest absolute Gasteiger partial charge is 1.00 e. The molecule has 18 heavy (non-hydrogen) atoms. The Balaban J connectivity index is -0.00000000406. The van der Waals surface area contributed by atoms with E-state index in [0.29, 0.717) is 0 Å². The van der Waals surface area contributed by atoms with E-state index >= 15 is 0 Å². The average molecular weight is 430 g/mol. The molecular weight excluding hydrogens is 426 g/mol. The fourth-order valence-corrected chi connectivity index (χ4v) is 0. The molecule has 0 aromatic carbocycles. The summed E-state index contributed by atoms with van der Waals surface area (Å²) in [4.78, 5) is 8.25. The normalized spacial score (nSPS) is 4.56. The van der Waals surface area contributed by atoms with Gasteiger partial charge >= 0.3 is 191 Å². The van der Waals surface area contributed by atoms with Crippen LogP contribution in [0, 0.1) is 15.3 Å². The molecule has 0 radical (unpaired) electrons. The Morgan fingerprint density at radius 3 is 0.833 bits per heavy atom. The summed E-state index contributed by atoms with van der Waals surface area (Å²) in [5.74, 6) is 0. The van der Waals surface area contributed by atoms with Crippen LogP contribution in [-0.2, 0) is 10.4 Å². The van der Waals surface area contributed by atoms with Crippen molar-refractivity contribution in [2.24, 2.45) is 0 Å². The maximum atomic E-state index is 8.52. The predicted octanol–water partition coefficient (Wildman–Crippen LogP) is -22.0. The quantitative estimate of drug-likeness (QED) is 0.129. The maximum Gasteiger partial charge on any atom is 1.00 e. The van der Waals surface area contributed by atoms with E-state index in [9.17, 15) is 0 Å². The van der Waals surface area contributed by atoms with Crippen LogP contribution in [0.4, 0.5) is 0 Å². The van der Waals surface area contributed by atoms with Crippen molar-refractivity contribution >= 4 is 22.8 Å². The van der Waals surface area contributed by atoms with Gasteiger partial charge in [-0.15, -0.1) is 12.4 Å². The Morgan fingerprint density at radius 2 is 0.833 bits per heavy atom. The summed E-state index contributed by atoms with van der Waals surface area (Å²) >= 11 is 0. The summed E-state index contributed by atoms with van der Waals surface area (Å²) in [5.41, 5.74) is 0. The van der Waals surface area contributed by atoms with Gasteiger partial charge in [0.1, 0.15) is 0 Å². The molecule has 9 nitrogen and oxygen atoms in total. The molecule has 0 aromatic rings. The third kappa shape index (κ3) is 261. The monoisotopic (exact) mass is 428 g/mol. The molecule has 88 valence electrons. The summed E-state index contributed by atoms with van der Waals surface area (Å²) in [6.45, 7) is 0. The second-order valence-corrected chi connectivity index (χ2v) is 1.45. The van der Waals surface area contributed by atoms with E-state index in [2.05, 4.69) is 0 Å². The first-order valence-electron chi connectivity index (χ1n) is 1.21. The van der Waals surface area contributed by atoms with Crippen LogP contribution in [0.2, 0.25) is 0 Å². The second kappa shape index (κ2) is 49.5. The van der Waals surface area contributed by atoms with Gasteiger partial charge in [-0.1, -0.05) is 0 Å². The molecule has 0 aromatic heterocycles. The molecule has 0 aliphatic carbocycles. The van der Waals surface area contributed by atoms with Crippen molar-refractivity contribution in [1.82, 2.24) is 6.15 Å². The first-order chi connectivity index (χ1) is 3.73. The Bertz CT molecular complexity index is 184. The van der Waals surface area contributed by atoms with Gasteiger partial charge in [0.25, 0.3) is 0 Å². The zero-order valence-electron chi connectivity index (χ0n) is 10.6. The van der Waals surface area contributed by atoms with E-state index in [0.717, 1.165) is 0 Å². The van der Waals surface area contributed by atoms with E-state index in [-0.39, 0.29) is 235 Å². The molecule has 18 heteroatoms. The van der Waals surface area contributed by atoms with E-state index in [1.54, 1.807) is 0 Å². The van der Waals surface area contributed by atoms with Crippen molar-refractivity contribution in [3.05, 3.63) is 15.3 Å². The summed E-state index contributed by atoms with van der Waals surface area (Å²) in [7, 11) is -5.17. The zero-order chi connectivity index (χ0) is 8.08. The van der Waals surface area contributed by atoms with Gasteiger partial charge in [0.15, 0.2) is 0 Å². The third-order valence-electron chi connectivity index (χ3n) is 0. The zero-order valence-corrected chi connectivity index (χ0v) is 26.0. The number of hydrogen-bond donors (Lipinski definition) is 1. The Hall–Kier alpha value is 6.17. The molecule has 0 amide bonds. The van der Waals surface area contributed by atoms with Gasteiger partial charge in [0.2, 0.25) is 0 Å². The summed E-state index contributed by atoms with van der Waals surface area (Å²) in [6.07, 6.45) is 0. The fourth-order valence-electron chi connectivity index (χ4n) is 0. The molecule has 0 spiro atoms. The number of halogens is 3. The van der Waals surface area contributed by atoms with Gasteiger partial charge in [0, 0.05) is 10.4 Å². The van der Waals surface area contributed by atoms with E-state index in [1.165, 1.54) is 0 Å². The Kier molecular flexibility index (Phi) is 206. The van der Waals surface area contributed by atoms with Crippen LogP contribution in [-0.4, -0.2) is 22.6 Å². The third-order valence-corrected chi connectivity index (χ3v) is 0. The SMILES string of the molecule is Cl.N.O=S(=O)([O-])[O-].O=[N+]([O-])[O-].[Cl-].[Cl-].[K+].[K+].[Na+].[Na+].[Na+]. The molecule has 3 N–H and O–H groups in total. The Morgan fingerprint density at radius 1 is 0.833 bits per heavy atom. The standard InChI is InChI=1S/3ClH.2K.NO3.H3N.3Na.H2O4S/c;;;;;2-1(3)4;;;;;1-5(2,3)4/h3*1H;;;;1H3;;;;(H2,1,2,3,4)/q;;;2*+1;-1;;3*+1;/p-4. The van der Waals surface area contributed by atoms with Gasteiger partial charge in [-0.2, -0.15) is 0 Å². The molecule has 0 atom stereocenters. The van der Waals surface area contributed by atoms with Crippen molar-refractivity contribution < 1.29 is 239 Å². The second-order valence-electron chi connectivity index (χ2n) is 0.632. The van der Waals surface area contributed by atoms with Crippen LogP contribution in [0.15, 0.2) is 0 Å². The molecule has 0 bridgehead atoms. The average Bonchev–Trinajstić information content (AvgIpc) is 1.19. The van der Waals surface area contributed by atoms with Crippen LogP contribution in [0.5, 0.6) is 0 Å². The topological polar surface area (TPSA) is 181 Å². The molecule has 0 saturated heterocycles. The molecule has 0 aliphatic rings. The van der Waals surface area contributed by atoms with Crippen molar-refractivity contribution in [3.8, 4) is 0 Å². The first kappa shape index (κ1) is 74.8. The smallest absolute Gasteiger partial charge is 1.00 e. The van der Waals surface area contributed by atoms with Crippen LogP contribution in [0.25, 0.3) is 0 Å². The molecule has 0 saturated carbocycles. The van der Waals surface area contributed by atoms with Crippen LogP contribution < -0.4 is 222 Å². The molecule has 0 fully saturated rings. The van der Waals surface area contributed by atoms with Crippen molar-refractivity contribution in [3.63, 3.8) is 0 Å². The minimum absolute atomic E-state index is 0. The van der Waals surface area contributed by atoms with Crippen LogP contribution in [0.3, 0.4) is 0 Å². The summed E-state index contributed by atoms with van der Waals surface area (Å²) in [6, 6.07) is 0. The van der Waals surface area contributed by atoms with E-state index in [1.807, 2.05) is 0 Å². The van der Waals surface area contributed by atoms with Crippen LogP contribution >= 0.6 is 12.4 Å². The minimum atomic E-state index is -5.17. The minimum Gasteiger partial charge on any atom is -1.00 e. The molecule has 0 aliphatic heterocycles. The molecule has 0 heterocycles. The van der Waals surface area contributed by atoms with Gasteiger partial charge < -0.3 is 55.4 Å². The van der Waals surface area contributed by atoms with Gasteiger partial charge in [0.05, 0.1) is 5.09 Å². The van der Waals surface area contributed by atoms with Gasteiger partial charge in [-0.25, -0.2) is 0 Å². The van der Waals surface area contributed by atoms with Crippen molar-refractivity contribution in [1.29, 1.82) is 0 Å². The van der Waals surface area contributed by atoms with Gasteiger partial charge in [-0.05, 0) is 0 Å². The first-order valence-corrected chi connectivity index (χ1v) is 2.55. The van der Waals surface area contributed by atoms with Crippen molar-refractivity contribution in [2.75, 3.05) is 0 Å². The molecule has 0 unspecified atom stereocenters. The predicted molar refractivity (Wildman–Crippen MR) is 33.1 cm³/mol. The summed E-state index contributed by atoms with van der Waals surface area (Å²) < 4.78 is 34.1. The summed E-state index contributed by atoms with van der Waals surface area (Å²) in [5, 5.41) is 14.8. The molecular formula is H4Cl3K2N2Na3O7S. The number of hydrogen-bond acceptors (Lipinski definition) is 8. The van der Waals surface area contributed by atoms with Gasteiger partial charge in [-0.3, -0.25) is 8.42 Å². The molecule has 0 rings (SSSR count). The number of nitrogens with zero attached hydrogens (tertiary/aromatic N) is 1. The fraction of sp³-hybridized carbons (Fsp3) is 0. The van der Waals surface area contributed by atoms with Crippen molar-refractivity contribution in [2.45, 2.75) is 0 Å².